The van der Waals surface area contributed by atoms with Crippen LogP contribution in [-0.2, 0) is 9.53 Å². The number of aliphatic hydroxyl groups is 1. The van der Waals surface area contributed by atoms with E-state index in [4.69, 9.17) is 4.74 Å². The molecule has 2 fully saturated rings. The van der Waals surface area contributed by atoms with Gasteiger partial charge < -0.3 is 14.7 Å². The second-order valence-electron chi connectivity index (χ2n) is 5.92. The number of nitrogens with zero attached hydrogens (tertiary/aromatic N) is 2. The summed E-state index contributed by atoms with van der Waals surface area (Å²) in [5, 5.41) is 9.28. The van der Waals surface area contributed by atoms with Crippen molar-refractivity contribution in [3.05, 3.63) is 0 Å². The van der Waals surface area contributed by atoms with Crippen LogP contribution in [0.25, 0.3) is 0 Å². The second kappa shape index (κ2) is 6.98. The third-order valence-electron chi connectivity index (χ3n) is 4.43. The molecule has 2 rings (SSSR count). The van der Waals surface area contributed by atoms with Crippen LogP contribution < -0.4 is 0 Å². The van der Waals surface area contributed by atoms with Gasteiger partial charge in [-0.3, -0.25) is 9.69 Å². The zero-order valence-electron chi connectivity index (χ0n) is 12.4. The van der Waals surface area contributed by atoms with E-state index < -0.39 is 12.0 Å². The molecule has 0 spiro atoms. The number of amides is 1. The van der Waals surface area contributed by atoms with Gasteiger partial charge in [-0.2, -0.15) is 0 Å². The number of ether oxygens (including phenoxy) is 1. The fourth-order valence-electron chi connectivity index (χ4n) is 3.31. The molecule has 0 aromatic heterocycles. The Labute approximate surface area is 123 Å². The number of carbonyl (C=O) groups excluding carboxylic acids is 1. The molecule has 1 amide bonds. The molecule has 2 heterocycles. The molecule has 0 aromatic carbocycles. The third-order valence-corrected chi connectivity index (χ3v) is 4.43. The highest BCUT2D eigenvalue weighted by Crippen LogP contribution is 2.35. The minimum atomic E-state index is -2.71. The summed E-state index contributed by atoms with van der Waals surface area (Å²) in [6.07, 6.45) is 1.47. The first kappa shape index (κ1) is 16.6. The van der Waals surface area contributed by atoms with Gasteiger partial charge in [0.25, 0.3) is 5.92 Å². The molecular weight excluding hydrogens is 282 g/mol. The zero-order chi connectivity index (χ0) is 15.5. The molecule has 5 nitrogen and oxygen atoms in total. The van der Waals surface area contributed by atoms with Gasteiger partial charge in [0.1, 0.15) is 0 Å². The lowest BCUT2D eigenvalue weighted by atomic mass is 10.0. The van der Waals surface area contributed by atoms with Gasteiger partial charge in [0.2, 0.25) is 5.91 Å². The number of methoxy groups -OCH3 is 1. The van der Waals surface area contributed by atoms with Crippen LogP contribution in [0.5, 0.6) is 0 Å². The quantitative estimate of drug-likeness (QED) is 0.813. The number of likely N-dealkylation sites (tertiary alicyclic amines) is 2. The first-order valence-corrected chi connectivity index (χ1v) is 7.48. The highest BCUT2D eigenvalue weighted by atomic mass is 19.3. The number of rotatable bonds is 5. The highest BCUT2D eigenvalue weighted by Gasteiger charge is 2.47. The monoisotopic (exact) mass is 306 g/mol. The SMILES string of the molecule is COCCC(=O)N1CCC(N2CC(F)(F)C[C@H]2CO)CC1. The summed E-state index contributed by atoms with van der Waals surface area (Å²) in [6, 6.07) is -0.428. The first-order chi connectivity index (χ1) is 9.96. The molecule has 122 valence electrons. The van der Waals surface area contributed by atoms with Gasteiger partial charge in [-0.05, 0) is 12.8 Å². The van der Waals surface area contributed by atoms with Gasteiger partial charge in [-0.25, -0.2) is 8.78 Å². The molecule has 0 unspecified atom stereocenters. The van der Waals surface area contributed by atoms with Crippen LogP contribution >= 0.6 is 0 Å². The first-order valence-electron chi connectivity index (χ1n) is 7.48. The molecular formula is C14H24F2N2O3. The lowest BCUT2D eigenvalue weighted by molar-refractivity contribution is -0.133. The molecule has 21 heavy (non-hydrogen) atoms. The Hall–Kier alpha value is -0.790. The number of carbonyl (C=O) groups is 1. The predicted molar refractivity (Wildman–Crippen MR) is 73.2 cm³/mol. The molecule has 1 N–H and O–H groups in total. The van der Waals surface area contributed by atoms with E-state index in [1.54, 1.807) is 16.9 Å². The summed E-state index contributed by atoms with van der Waals surface area (Å²) in [7, 11) is 1.56. The summed E-state index contributed by atoms with van der Waals surface area (Å²) in [4.78, 5) is 15.4. The minimum absolute atomic E-state index is 0.0296. The topological polar surface area (TPSA) is 53.0 Å². The Kier molecular flexibility index (Phi) is 5.51. The molecule has 0 aliphatic carbocycles. The van der Waals surface area contributed by atoms with Gasteiger partial charge >= 0.3 is 0 Å². The van der Waals surface area contributed by atoms with Crippen molar-refractivity contribution in [2.75, 3.05) is 40.0 Å². The van der Waals surface area contributed by atoms with Crippen molar-refractivity contribution in [3.8, 4) is 0 Å². The summed E-state index contributed by atoms with van der Waals surface area (Å²) in [5.41, 5.74) is 0. The van der Waals surface area contributed by atoms with Gasteiger partial charge in [-0.15, -0.1) is 0 Å². The minimum Gasteiger partial charge on any atom is -0.395 e. The molecule has 0 bridgehead atoms. The maximum Gasteiger partial charge on any atom is 0.262 e. The third kappa shape index (κ3) is 4.11. The molecule has 0 saturated carbocycles. The van der Waals surface area contributed by atoms with Crippen LogP contribution in [0.1, 0.15) is 25.7 Å². The standard InChI is InChI=1S/C14H24F2N2O3/c1-21-7-4-13(20)17-5-2-11(3-6-17)18-10-14(15,16)8-12(18)9-19/h11-12,19H,2-10H2,1H3/t12-/m0/s1. The van der Waals surface area contributed by atoms with Crippen LogP contribution in [0.2, 0.25) is 0 Å². The smallest absolute Gasteiger partial charge is 0.262 e. The number of hydrogen-bond donors (Lipinski definition) is 1. The van der Waals surface area contributed by atoms with E-state index in [0.29, 0.717) is 39.0 Å². The largest absolute Gasteiger partial charge is 0.395 e. The van der Waals surface area contributed by atoms with Crippen LogP contribution in [0.15, 0.2) is 0 Å². The lowest BCUT2D eigenvalue weighted by Crippen LogP contribution is -2.49. The Morgan fingerprint density at radius 1 is 1.38 bits per heavy atom. The Morgan fingerprint density at radius 2 is 2.05 bits per heavy atom. The Morgan fingerprint density at radius 3 is 2.62 bits per heavy atom. The van der Waals surface area contributed by atoms with Crippen LogP contribution in [0.4, 0.5) is 8.78 Å². The van der Waals surface area contributed by atoms with Crippen LogP contribution in [0.3, 0.4) is 0 Å². The van der Waals surface area contributed by atoms with Crippen molar-refractivity contribution in [1.82, 2.24) is 9.80 Å². The maximum atomic E-state index is 13.5. The molecule has 0 radical (unpaired) electrons. The second-order valence-corrected chi connectivity index (χ2v) is 5.92. The van der Waals surface area contributed by atoms with Crippen LogP contribution in [0, 0.1) is 0 Å². The summed E-state index contributed by atoms with van der Waals surface area (Å²) >= 11 is 0. The molecule has 2 aliphatic heterocycles. The van der Waals surface area contributed by atoms with Crippen molar-refractivity contribution in [2.45, 2.75) is 43.7 Å². The highest BCUT2D eigenvalue weighted by molar-refractivity contribution is 5.76. The van der Waals surface area contributed by atoms with Crippen molar-refractivity contribution in [2.24, 2.45) is 0 Å². The number of piperidine rings is 1. The number of halogens is 2. The number of aliphatic hydroxyl groups excluding tert-OH is 1. The average Bonchev–Trinajstić information content (AvgIpc) is 2.80. The zero-order valence-corrected chi connectivity index (χ0v) is 12.4. The Bertz CT molecular complexity index is 360. The van der Waals surface area contributed by atoms with E-state index in [1.165, 1.54) is 0 Å². The summed E-state index contributed by atoms with van der Waals surface area (Å²) < 4.78 is 31.9. The molecule has 2 aliphatic rings. The normalized spacial score (nSPS) is 27.2. The molecule has 0 aromatic rings. The number of hydrogen-bond acceptors (Lipinski definition) is 4. The summed E-state index contributed by atoms with van der Waals surface area (Å²) in [5.74, 6) is -2.65. The molecule has 1 atom stereocenters. The van der Waals surface area contributed by atoms with E-state index >= 15 is 0 Å². The van der Waals surface area contributed by atoms with Gasteiger partial charge in [-0.1, -0.05) is 0 Å². The van der Waals surface area contributed by atoms with Crippen molar-refractivity contribution < 1.29 is 23.4 Å². The van der Waals surface area contributed by atoms with Crippen molar-refractivity contribution in [1.29, 1.82) is 0 Å². The number of alkyl halides is 2. The van der Waals surface area contributed by atoms with E-state index in [1.807, 2.05) is 0 Å². The van der Waals surface area contributed by atoms with E-state index in [-0.39, 0.29) is 31.5 Å². The predicted octanol–water partition coefficient (Wildman–Crippen LogP) is 0.716. The van der Waals surface area contributed by atoms with Gasteiger partial charge in [0.05, 0.1) is 26.2 Å². The van der Waals surface area contributed by atoms with E-state index in [9.17, 15) is 18.7 Å². The maximum absolute atomic E-state index is 13.5. The van der Waals surface area contributed by atoms with Crippen LogP contribution in [-0.4, -0.2) is 78.8 Å². The van der Waals surface area contributed by atoms with E-state index in [2.05, 4.69) is 0 Å². The van der Waals surface area contributed by atoms with Gasteiger partial charge in [0.15, 0.2) is 0 Å². The fourth-order valence-corrected chi connectivity index (χ4v) is 3.31. The Balaban J connectivity index is 1.85. The van der Waals surface area contributed by atoms with Gasteiger partial charge in [0, 0.05) is 38.7 Å². The average molecular weight is 306 g/mol. The molecule has 2 saturated heterocycles. The van der Waals surface area contributed by atoms with Crippen molar-refractivity contribution in [3.63, 3.8) is 0 Å². The summed E-state index contributed by atoms with van der Waals surface area (Å²) in [6.45, 7) is 1.08. The fraction of sp³-hybridized carbons (Fsp3) is 0.929. The van der Waals surface area contributed by atoms with Crippen molar-refractivity contribution >= 4 is 5.91 Å². The van der Waals surface area contributed by atoms with E-state index in [0.717, 1.165) is 0 Å². The lowest BCUT2D eigenvalue weighted by Gasteiger charge is -2.38. The molecule has 7 heteroatoms.